The molecule has 1 saturated carbocycles. The molecule has 2 nitrogen and oxygen atoms in total. The lowest BCUT2D eigenvalue weighted by Crippen LogP contribution is -2.36. The van der Waals surface area contributed by atoms with Crippen LogP contribution in [0.25, 0.3) is 0 Å². The smallest absolute Gasteiger partial charge is 0.306 e. The minimum atomic E-state index is -0.106. The third-order valence-corrected chi connectivity index (χ3v) is 3.03. The van der Waals surface area contributed by atoms with Crippen LogP contribution < -0.4 is 0 Å². The highest BCUT2D eigenvalue weighted by Crippen LogP contribution is 2.34. The maximum absolute atomic E-state index is 11.2. The fourth-order valence-corrected chi connectivity index (χ4v) is 2.04. The highest BCUT2D eigenvalue weighted by Gasteiger charge is 2.33. The quantitative estimate of drug-likeness (QED) is 0.630. The summed E-state index contributed by atoms with van der Waals surface area (Å²) in [6.45, 7) is 3.97. The molecule has 2 heteroatoms. The van der Waals surface area contributed by atoms with Crippen molar-refractivity contribution in [3.8, 4) is 0 Å². The predicted molar refractivity (Wildman–Crippen MR) is 52.5 cm³/mol. The highest BCUT2D eigenvalue weighted by molar-refractivity contribution is 5.69. The first-order valence-electron chi connectivity index (χ1n) is 5.44. The first-order chi connectivity index (χ1) is 6.22. The van der Waals surface area contributed by atoms with Gasteiger partial charge in [0.15, 0.2) is 0 Å². The molecule has 0 spiro atoms. The van der Waals surface area contributed by atoms with Gasteiger partial charge in [-0.25, -0.2) is 0 Å². The van der Waals surface area contributed by atoms with Crippen molar-refractivity contribution in [1.82, 2.24) is 0 Å². The molecule has 0 radical (unpaired) electrons. The van der Waals surface area contributed by atoms with Crippen LogP contribution in [0.1, 0.15) is 58.8 Å². The van der Waals surface area contributed by atoms with E-state index in [1.807, 2.05) is 6.92 Å². The Hall–Kier alpha value is -0.530. The monoisotopic (exact) mass is 184 g/mol. The number of esters is 1. The van der Waals surface area contributed by atoms with Crippen molar-refractivity contribution in [2.24, 2.45) is 0 Å². The van der Waals surface area contributed by atoms with Crippen molar-refractivity contribution in [2.45, 2.75) is 64.4 Å². The summed E-state index contributed by atoms with van der Waals surface area (Å²) >= 11 is 0. The molecule has 1 aliphatic carbocycles. The molecular weight excluding hydrogens is 164 g/mol. The molecule has 13 heavy (non-hydrogen) atoms. The fourth-order valence-electron chi connectivity index (χ4n) is 2.04. The summed E-state index contributed by atoms with van der Waals surface area (Å²) in [5.74, 6) is -0.0382. The minimum absolute atomic E-state index is 0.0382. The third kappa shape index (κ3) is 2.71. The number of carbonyl (C=O) groups excluding carboxylic acids is 1. The number of rotatable bonds is 3. The van der Waals surface area contributed by atoms with E-state index in [0.29, 0.717) is 6.42 Å². The maximum Gasteiger partial charge on any atom is 0.306 e. The molecule has 0 amide bonds. The topological polar surface area (TPSA) is 26.3 Å². The zero-order valence-corrected chi connectivity index (χ0v) is 8.77. The highest BCUT2D eigenvalue weighted by atomic mass is 16.6. The van der Waals surface area contributed by atoms with Crippen LogP contribution in [0.15, 0.2) is 0 Å². The normalized spacial score (nSPS) is 21.1. The van der Waals surface area contributed by atoms with Crippen LogP contribution in [-0.4, -0.2) is 11.6 Å². The van der Waals surface area contributed by atoms with Crippen LogP contribution in [0.5, 0.6) is 0 Å². The largest absolute Gasteiger partial charge is 0.459 e. The molecule has 0 aliphatic heterocycles. The van der Waals surface area contributed by atoms with Gasteiger partial charge in [-0.1, -0.05) is 20.3 Å². The Bertz CT molecular complexity index is 169. The van der Waals surface area contributed by atoms with E-state index in [4.69, 9.17) is 4.74 Å². The van der Waals surface area contributed by atoms with E-state index < -0.39 is 0 Å². The van der Waals surface area contributed by atoms with Crippen molar-refractivity contribution in [3.63, 3.8) is 0 Å². The van der Waals surface area contributed by atoms with Gasteiger partial charge in [0.2, 0.25) is 0 Å². The lowest BCUT2D eigenvalue weighted by atomic mass is 9.83. The summed E-state index contributed by atoms with van der Waals surface area (Å²) in [4.78, 5) is 11.2. The standard InChI is InChI=1S/C11H20O2/c1-3-10(12)13-11(4-2)8-6-5-7-9-11/h3-9H2,1-2H3. The second-order valence-electron chi connectivity index (χ2n) is 3.92. The maximum atomic E-state index is 11.2. The molecule has 0 N–H and O–H groups in total. The van der Waals surface area contributed by atoms with Crippen LogP contribution in [0.4, 0.5) is 0 Å². The van der Waals surface area contributed by atoms with Crippen LogP contribution in [-0.2, 0) is 9.53 Å². The van der Waals surface area contributed by atoms with Gasteiger partial charge >= 0.3 is 5.97 Å². The van der Waals surface area contributed by atoms with Gasteiger partial charge in [0.1, 0.15) is 5.60 Å². The van der Waals surface area contributed by atoms with Crippen molar-refractivity contribution in [3.05, 3.63) is 0 Å². The van der Waals surface area contributed by atoms with Crippen LogP contribution in [0.3, 0.4) is 0 Å². The van der Waals surface area contributed by atoms with Gasteiger partial charge in [0.25, 0.3) is 0 Å². The Morgan fingerprint density at radius 3 is 2.31 bits per heavy atom. The summed E-state index contributed by atoms with van der Waals surface area (Å²) in [7, 11) is 0. The van der Waals surface area contributed by atoms with Crippen LogP contribution in [0, 0.1) is 0 Å². The first-order valence-corrected chi connectivity index (χ1v) is 5.44. The van der Waals surface area contributed by atoms with Crippen molar-refractivity contribution in [1.29, 1.82) is 0 Å². The third-order valence-electron chi connectivity index (χ3n) is 3.03. The second-order valence-corrected chi connectivity index (χ2v) is 3.92. The fraction of sp³-hybridized carbons (Fsp3) is 0.909. The summed E-state index contributed by atoms with van der Waals surface area (Å²) in [5, 5.41) is 0. The zero-order chi connectivity index (χ0) is 9.73. The van der Waals surface area contributed by atoms with Gasteiger partial charge in [-0.05, 0) is 32.1 Å². The SMILES string of the molecule is CCC(=O)OC1(CC)CCCCC1. The van der Waals surface area contributed by atoms with Crippen molar-refractivity contribution < 1.29 is 9.53 Å². The Morgan fingerprint density at radius 1 is 1.23 bits per heavy atom. The zero-order valence-electron chi connectivity index (χ0n) is 8.77. The van der Waals surface area contributed by atoms with Gasteiger partial charge in [-0.3, -0.25) is 4.79 Å². The molecular formula is C11H20O2. The van der Waals surface area contributed by atoms with Gasteiger partial charge < -0.3 is 4.74 Å². The van der Waals surface area contributed by atoms with E-state index in [1.165, 1.54) is 19.3 Å². The van der Waals surface area contributed by atoms with Gasteiger partial charge in [0.05, 0.1) is 0 Å². The molecule has 0 saturated heterocycles. The summed E-state index contributed by atoms with van der Waals surface area (Å²) in [6, 6.07) is 0. The summed E-state index contributed by atoms with van der Waals surface area (Å²) in [6.07, 6.45) is 7.33. The van der Waals surface area contributed by atoms with E-state index >= 15 is 0 Å². The lowest BCUT2D eigenvalue weighted by molar-refractivity contribution is -0.163. The van der Waals surface area contributed by atoms with E-state index in [1.54, 1.807) is 0 Å². The number of hydrogen-bond donors (Lipinski definition) is 0. The average molecular weight is 184 g/mol. The summed E-state index contributed by atoms with van der Waals surface area (Å²) in [5.41, 5.74) is -0.106. The van der Waals surface area contributed by atoms with Crippen LogP contribution in [0.2, 0.25) is 0 Å². The van der Waals surface area contributed by atoms with Gasteiger partial charge in [0, 0.05) is 6.42 Å². The van der Waals surface area contributed by atoms with Crippen LogP contribution >= 0.6 is 0 Å². The summed E-state index contributed by atoms with van der Waals surface area (Å²) < 4.78 is 5.54. The Balaban J connectivity index is 2.52. The van der Waals surface area contributed by atoms with E-state index in [2.05, 4.69) is 6.92 Å². The second kappa shape index (κ2) is 4.64. The Labute approximate surface area is 80.7 Å². The Kier molecular flexibility index (Phi) is 3.76. The minimum Gasteiger partial charge on any atom is -0.459 e. The molecule has 1 rings (SSSR count). The molecule has 0 atom stereocenters. The van der Waals surface area contributed by atoms with Gasteiger partial charge in [-0.15, -0.1) is 0 Å². The van der Waals surface area contributed by atoms with E-state index in [-0.39, 0.29) is 11.6 Å². The molecule has 0 unspecified atom stereocenters. The van der Waals surface area contributed by atoms with Crippen molar-refractivity contribution >= 4 is 5.97 Å². The van der Waals surface area contributed by atoms with Crippen molar-refractivity contribution in [2.75, 3.05) is 0 Å². The molecule has 1 fully saturated rings. The number of hydrogen-bond acceptors (Lipinski definition) is 2. The number of carbonyl (C=O) groups is 1. The molecule has 0 heterocycles. The molecule has 0 bridgehead atoms. The lowest BCUT2D eigenvalue weighted by Gasteiger charge is -2.35. The molecule has 0 aromatic heterocycles. The molecule has 0 aromatic rings. The van der Waals surface area contributed by atoms with E-state index in [9.17, 15) is 4.79 Å². The predicted octanol–water partition coefficient (Wildman–Crippen LogP) is 3.05. The average Bonchev–Trinajstić information content (AvgIpc) is 2.19. The Morgan fingerprint density at radius 2 is 1.85 bits per heavy atom. The molecule has 0 aromatic carbocycles. The van der Waals surface area contributed by atoms with Gasteiger partial charge in [-0.2, -0.15) is 0 Å². The molecule has 76 valence electrons. The molecule has 1 aliphatic rings. The first kappa shape index (κ1) is 10.6. The number of ether oxygens (including phenoxy) is 1. The van der Waals surface area contributed by atoms with E-state index in [0.717, 1.165) is 19.3 Å².